The highest BCUT2D eigenvalue weighted by Gasteiger charge is 2.23. The van der Waals surface area contributed by atoms with Crippen LogP contribution in [0.5, 0.6) is 23.0 Å². The predicted molar refractivity (Wildman–Crippen MR) is 113 cm³/mol. The van der Waals surface area contributed by atoms with Crippen molar-refractivity contribution in [3.63, 3.8) is 0 Å². The molecule has 148 valence electrons. The van der Waals surface area contributed by atoms with Crippen molar-refractivity contribution in [2.24, 2.45) is 7.05 Å². The Morgan fingerprint density at radius 3 is 2.00 bits per heavy atom. The number of rotatable bonds is 6. The molecule has 0 aliphatic carbocycles. The SMILES string of the molecule is COc1ccc2c(c[n+](C)c3c(OC)c(OC)ccc23)c1OCc1ccccc1. The highest BCUT2D eigenvalue weighted by molar-refractivity contribution is 6.08. The van der Waals surface area contributed by atoms with E-state index in [2.05, 4.69) is 6.07 Å². The summed E-state index contributed by atoms with van der Waals surface area (Å²) in [6.07, 6.45) is 2.04. The fourth-order valence-electron chi connectivity index (χ4n) is 3.72. The molecule has 3 aromatic carbocycles. The fraction of sp³-hybridized carbons (Fsp3) is 0.208. The first-order valence-corrected chi connectivity index (χ1v) is 9.38. The van der Waals surface area contributed by atoms with E-state index >= 15 is 0 Å². The van der Waals surface area contributed by atoms with Gasteiger partial charge in [-0.15, -0.1) is 0 Å². The number of benzene rings is 3. The third kappa shape index (κ3) is 3.29. The lowest BCUT2D eigenvalue weighted by Gasteiger charge is -2.15. The molecule has 0 saturated carbocycles. The van der Waals surface area contributed by atoms with Crippen LogP contribution in [-0.2, 0) is 13.7 Å². The van der Waals surface area contributed by atoms with Crippen molar-refractivity contribution in [1.82, 2.24) is 0 Å². The first-order chi connectivity index (χ1) is 14.2. The minimum absolute atomic E-state index is 0.462. The monoisotopic (exact) mass is 390 g/mol. The molecular formula is C24H24NO4+. The van der Waals surface area contributed by atoms with Gasteiger partial charge in [0, 0.05) is 5.39 Å². The zero-order valence-corrected chi connectivity index (χ0v) is 17.1. The van der Waals surface area contributed by atoms with Gasteiger partial charge in [-0.1, -0.05) is 30.3 Å². The average Bonchev–Trinajstić information content (AvgIpc) is 2.77. The lowest BCUT2D eigenvalue weighted by Crippen LogP contribution is -2.29. The molecule has 0 amide bonds. The molecule has 5 heteroatoms. The molecular weight excluding hydrogens is 366 g/mol. The summed E-state index contributed by atoms with van der Waals surface area (Å²) in [5.41, 5.74) is 2.06. The maximum atomic E-state index is 6.24. The van der Waals surface area contributed by atoms with Gasteiger partial charge < -0.3 is 18.9 Å². The highest BCUT2D eigenvalue weighted by atomic mass is 16.5. The molecule has 1 heterocycles. The van der Waals surface area contributed by atoms with Crippen molar-refractivity contribution in [2.45, 2.75) is 6.61 Å². The van der Waals surface area contributed by atoms with Crippen LogP contribution in [0.15, 0.2) is 60.8 Å². The zero-order valence-electron chi connectivity index (χ0n) is 17.1. The molecule has 0 saturated heterocycles. The standard InChI is InChI=1S/C24H24NO4/c1-25-14-19-17(18-11-13-21(27-3)24(28-4)22(18)25)10-12-20(26-2)23(19)29-15-16-8-6-5-7-9-16/h5-14H,15H2,1-4H3/q+1. The molecule has 4 aromatic rings. The van der Waals surface area contributed by atoms with Crippen LogP contribution in [0.4, 0.5) is 0 Å². The lowest BCUT2D eigenvalue weighted by molar-refractivity contribution is -0.643. The summed E-state index contributed by atoms with van der Waals surface area (Å²) >= 11 is 0. The van der Waals surface area contributed by atoms with E-state index in [1.54, 1.807) is 21.3 Å². The molecule has 4 rings (SSSR count). The number of pyridine rings is 1. The largest absolute Gasteiger partial charge is 0.493 e. The van der Waals surface area contributed by atoms with Crippen LogP contribution in [0, 0.1) is 0 Å². The zero-order chi connectivity index (χ0) is 20.4. The second kappa shape index (κ2) is 7.87. The van der Waals surface area contributed by atoms with Crippen molar-refractivity contribution < 1.29 is 23.5 Å². The molecule has 5 nitrogen and oxygen atoms in total. The minimum atomic E-state index is 0.462. The van der Waals surface area contributed by atoms with Gasteiger partial charge >= 0.3 is 0 Å². The number of aromatic nitrogens is 1. The van der Waals surface area contributed by atoms with E-state index in [9.17, 15) is 0 Å². The van der Waals surface area contributed by atoms with Gasteiger partial charge in [0.15, 0.2) is 23.4 Å². The predicted octanol–water partition coefficient (Wildman–Crippen LogP) is 4.42. The molecule has 0 radical (unpaired) electrons. The fourth-order valence-corrected chi connectivity index (χ4v) is 3.72. The van der Waals surface area contributed by atoms with Gasteiger partial charge in [0.2, 0.25) is 5.75 Å². The summed E-state index contributed by atoms with van der Waals surface area (Å²) in [6.45, 7) is 0.462. The molecule has 0 fully saturated rings. The van der Waals surface area contributed by atoms with E-state index in [-0.39, 0.29) is 0 Å². The third-order valence-corrected chi connectivity index (χ3v) is 5.09. The Bertz CT molecular complexity index is 1170. The Morgan fingerprint density at radius 2 is 1.34 bits per heavy atom. The first-order valence-electron chi connectivity index (χ1n) is 9.38. The van der Waals surface area contributed by atoms with Crippen LogP contribution < -0.4 is 23.5 Å². The van der Waals surface area contributed by atoms with Crippen LogP contribution >= 0.6 is 0 Å². The number of aryl methyl sites for hydroxylation is 1. The topological polar surface area (TPSA) is 40.8 Å². The number of fused-ring (bicyclic) bond motifs is 3. The number of methoxy groups -OCH3 is 3. The molecule has 0 aliphatic rings. The molecule has 0 aliphatic heterocycles. The molecule has 29 heavy (non-hydrogen) atoms. The Labute approximate surface area is 170 Å². The Hall–Kier alpha value is -3.47. The van der Waals surface area contributed by atoms with Gasteiger partial charge in [-0.3, -0.25) is 0 Å². The second-order valence-corrected chi connectivity index (χ2v) is 6.77. The van der Waals surface area contributed by atoms with E-state index in [4.69, 9.17) is 18.9 Å². The smallest absolute Gasteiger partial charge is 0.259 e. The maximum absolute atomic E-state index is 6.24. The molecule has 0 N–H and O–H groups in total. The Morgan fingerprint density at radius 1 is 0.690 bits per heavy atom. The molecule has 0 unspecified atom stereocenters. The van der Waals surface area contributed by atoms with Gasteiger partial charge in [0.05, 0.1) is 32.1 Å². The van der Waals surface area contributed by atoms with Gasteiger partial charge in [0.1, 0.15) is 13.7 Å². The Balaban J connectivity index is 1.93. The van der Waals surface area contributed by atoms with Crippen molar-refractivity contribution in [1.29, 1.82) is 0 Å². The van der Waals surface area contributed by atoms with Gasteiger partial charge in [-0.05, 0) is 29.8 Å². The molecule has 0 spiro atoms. The van der Waals surface area contributed by atoms with E-state index < -0.39 is 0 Å². The molecule has 0 atom stereocenters. The number of nitrogens with zero attached hydrogens (tertiary/aromatic N) is 1. The second-order valence-electron chi connectivity index (χ2n) is 6.77. The summed E-state index contributed by atoms with van der Waals surface area (Å²) in [7, 11) is 6.95. The van der Waals surface area contributed by atoms with Crippen LogP contribution in [0.25, 0.3) is 21.7 Å². The van der Waals surface area contributed by atoms with E-state index in [0.29, 0.717) is 23.9 Å². The average molecular weight is 390 g/mol. The van der Waals surface area contributed by atoms with Crippen LogP contribution in [-0.4, -0.2) is 21.3 Å². The number of hydrogen-bond donors (Lipinski definition) is 0. The van der Waals surface area contributed by atoms with Gasteiger partial charge in [0.25, 0.3) is 5.52 Å². The van der Waals surface area contributed by atoms with Crippen molar-refractivity contribution in [2.75, 3.05) is 21.3 Å². The summed E-state index contributed by atoms with van der Waals surface area (Å²) in [5.74, 6) is 2.83. The van der Waals surface area contributed by atoms with Crippen molar-refractivity contribution >= 4 is 21.7 Å². The van der Waals surface area contributed by atoms with Crippen molar-refractivity contribution in [3.05, 3.63) is 66.4 Å². The van der Waals surface area contributed by atoms with Crippen LogP contribution in [0.1, 0.15) is 5.56 Å². The molecule has 0 bridgehead atoms. The summed E-state index contributed by atoms with van der Waals surface area (Å²) < 4.78 is 25.0. The van der Waals surface area contributed by atoms with Gasteiger partial charge in [-0.2, -0.15) is 4.57 Å². The number of hydrogen-bond acceptors (Lipinski definition) is 4. The van der Waals surface area contributed by atoms with E-state index in [1.807, 2.05) is 66.3 Å². The lowest BCUT2D eigenvalue weighted by atomic mass is 10.0. The quantitative estimate of drug-likeness (QED) is 0.361. The minimum Gasteiger partial charge on any atom is -0.493 e. The van der Waals surface area contributed by atoms with Crippen LogP contribution in [0.2, 0.25) is 0 Å². The van der Waals surface area contributed by atoms with Crippen molar-refractivity contribution in [3.8, 4) is 23.0 Å². The van der Waals surface area contributed by atoms with E-state index in [1.165, 1.54) is 0 Å². The first kappa shape index (κ1) is 18.9. The normalized spacial score (nSPS) is 10.9. The molecule has 1 aromatic heterocycles. The third-order valence-electron chi connectivity index (χ3n) is 5.09. The van der Waals surface area contributed by atoms with E-state index in [0.717, 1.165) is 33.0 Å². The number of ether oxygens (including phenoxy) is 4. The summed E-state index contributed by atoms with van der Waals surface area (Å²) in [4.78, 5) is 0. The van der Waals surface area contributed by atoms with Crippen LogP contribution in [0.3, 0.4) is 0 Å². The summed E-state index contributed by atoms with van der Waals surface area (Å²) in [6, 6.07) is 18.1. The summed E-state index contributed by atoms with van der Waals surface area (Å²) in [5, 5.41) is 3.08. The highest BCUT2D eigenvalue weighted by Crippen LogP contribution is 2.41. The maximum Gasteiger partial charge on any atom is 0.259 e. The Kier molecular flexibility index (Phi) is 5.12. The van der Waals surface area contributed by atoms with Gasteiger partial charge in [-0.25, -0.2) is 0 Å².